The molecule has 0 atom stereocenters. The molecule has 2 aromatic rings. The van der Waals surface area contributed by atoms with Gasteiger partial charge in [0.25, 0.3) is 0 Å². The Kier molecular flexibility index (Phi) is 5.27. The van der Waals surface area contributed by atoms with Crippen molar-refractivity contribution in [2.24, 2.45) is 5.73 Å². The van der Waals surface area contributed by atoms with E-state index in [1.807, 2.05) is 12.1 Å². The Morgan fingerprint density at radius 1 is 1.10 bits per heavy atom. The minimum absolute atomic E-state index is 0.121. The Balaban J connectivity index is 2.14. The second kappa shape index (κ2) is 6.79. The molecule has 21 heavy (non-hydrogen) atoms. The maximum atomic E-state index is 12.2. The van der Waals surface area contributed by atoms with Gasteiger partial charge in [-0.25, -0.2) is 8.42 Å². The molecule has 0 spiro atoms. The summed E-state index contributed by atoms with van der Waals surface area (Å²) >= 11 is 9.28. The second-order valence-electron chi connectivity index (χ2n) is 4.51. The molecule has 0 saturated carbocycles. The Labute approximate surface area is 137 Å². The van der Waals surface area contributed by atoms with Crippen LogP contribution in [-0.4, -0.2) is 8.42 Å². The average Bonchev–Trinajstić information content (AvgIpc) is 2.42. The van der Waals surface area contributed by atoms with E-state index in [1.54, 1.807) is 30.3 Å². The van der Waals surface area contributed by atoms with E-state index in [4.69, 9.17) is 17.3 Å². The summed E-state index contributed by atoms with van der Waals surface area (Å²) in [5.41, 5.74) is 7.52. The molecule has 7 heteroatoms. The molecule has 0 heterocycles. The summed E-state index contributed by atoms with van der Waals surface area (Å²) < 4.78 is 27.6. The fourth-order valence-corrected chi connectivity index (χ4v) is 3.76. The normalized spacial score (nSPS) is 11.4. The largest absolute Gasteiger partial charge is 0.326 e. The van der Waals surface area contributed by atoms with E-state index in [0.29, 0.717) is 22.8 Å². The predicted octanol–water partition coefficient (Wildman–Crippen LogP) is 3.50. The van der Waals surface area contributed by atoms with E-state index < -0.39 is 10.0 Å². The minimum Gasteiger partial charge on any atom is -0.326 e. The lowest BCUT2D eigenvalue weighted by Crippen LogP contribution is -2.15. The van der Waals surface area contributed by atoms with Crippen LogP contribution in [0.3, 0.4) is 0 Å². The molecule has 2 rings (SSSR count). The third-order valence-corrected chi connectivity index (χ3v) is 4.86. The van der Waals surface area contributed by atoms with Crippen molar-refractivity contribution in [3.05, 3.63) is 63.1 Å². The van der Waals surface area contributed by atoms with Crippen molar-refractivity contribution in [3.8, 4) is 0 Å². The van der Waals surface area contributed by atoms with Crippen LogP contribution in [0, 0.1) is 0 Å². The average molecular weight is 390 g/mol. The summed E-state index contributed by atoms with van der Waals surface area (Å²) in [5.74, 6) is -0.121. The lowest BCUT2D eigenvalue weighted by molar-refractivity contribution is 0.600. The molecular weight excluding hydrogens is 376 g/mol. The SMILES string of the molecule is NCc1ccc(CS(=O)(=O)Nc2ccc(Br)cc2Cl)cc1. The molecule has 3 N–H and O–H groups in total. The van der Waals surface area contributed by atoms with Gasteiger partial charge in [0.1, 0.15) is 0 Å². The molecule has 0 fully saturated rings. The van der Waals surface area contributed by atoms with Crippen LogP contribution in [0.1, 0.15) is 11.1 Å². The quantitative estimate of drug-likeness (QED) is 0.822. The number of nitrogens with two attached hydrogens (primary N) is 1. The number of hydrogen-bond donors (Lipinski definition) is 2. The topological polar surface area (TPSA) is 72.2 Å². The summed E-state index contributed by atoms with van der Waals surface area (Å²) in [6.07, 6.45) is 0. The third kappa shape index (κ3) is 4.71. The Morgan fingerprint density at radius 3 is 2.29 bits per heavy atom. The first-order valence-electron chi connectivity index (χ1n) is 6.13. The smallest absolute Gasteiger partial charge is 0.236 e. The number of nitrogens with one attached hydrogen (secondary N) is 1. The van der Waals surface area contributed by atoms with Crippen LogP contribution in [-0.2, 0) is 22.3 Å². The van der Waals surface area contributed by atoms with E-state index in [1.165, 1.54) is 0 Å². The highest BCUT2D eigenvalue weighted by atomic mass is 79.9. The summed E-state index contributed by atoms with van der Waals surface area (Å²) in [4.78, 5) is 0. The number of anilines is 1. The van der Waals surface area contributed by atoms with Gasteiger partial charge in [0, 0.05) is 11.0 Å². The standard InChI is InChI=1S/C14H14BrClN2O2S/c15-12-5-6-14(13(16)7-12)18-21(19,20)9-11-3-1-10(8-17)2-4-11/h1-7,18H,8-9,17H2. The molecule has 0 saturated heterocycles. The molecule has 0 radical (unpaired) electrons. The van der Waals surface area contributed by atoms with E-state index in [-0.39, 0.29) is 5.75 Å². The maximum absolute atomic E-state index is 12.2. The summed E-state index contributed by atoms with van der Waals surface area (Å²) in [5, 5.41) is 0.339. The monoisotopic (exact) mass is 388 g/mol. The summed E-state index contributed by atoms with van der Waals surface area (Å²) in [6.45, 7) is 0.430. The van der Waals surface area contributed by atoms with Crippen LogP contribution >= 0.6 is 27.5 Å². The first-order valence-corrected chi connectivity index (χ1v) is 8.95. The van der Waals surface area contributed by atoms with Crippen molar-refractivity contribution in [1.29, 1.82) is 0 Å². The van der Waals surface area contributed by atoms with Gasteiger partial charge >= 0.3 is 0 Å². The van der Waals surface area contributed by atoms with Crippen LogP contribution in [0.4, 0.5) is 5.69 Å². The highest BCUT2D eigenvalue weighted by Gasteiger charge is 2.13. The zero-order valence-electron chi connectivity index (χ0n) is 11.0. The number of halogens is 2. The number of benzene rings is 2. The van der Waals surface area contributed by atoms with Crippen LogP contribution in [0.5, 0.6) is 0 Å². The molecule has 0 amide bonds. The van der Waals surface area contributed by atoms with Gasteiger partial charge in [0.15, 0.2) is 0 Å². The van der Waals surface area contributed by atoms with E-state index in [2.05, 4.69) is 20.7 Å². The van der Waals surface area contributed by atoms with Crippen molar-refractivity contribution < 1.29 is 8.42 Å². The van der Waals surface area contributed by atoms with Crippen LogP contribution < -0.4 is 10.5 Å². The Morgan fingerprint density at radius 2 is 1.71 bits per heavy atom. The van der Waals surface area contributed by atoms with Crippen molar-refractivity contribution in [1.82, 2.24) is 0 Å². The zero-order chi connectivity index (χ0) is 15.5. The van der Waals surface area contributed by atoms with Gasteiger partial charge in [-0.15, -0.1) is 0 Å². The van der Waals surface area contributed by atoms with Crippen LogP contribution in [0.25, 0.3) is 0 Å². The Hall–Kier alpha value is -1.08. The predicted molar refractivity (Wildman–Crippen MR) is 89.7 cm³/mol. The highest BCUT2D eigenvalue weighted by molar-refractivity contribution is 9.10. The van der Waals surface area contributed by atoms with Gasteiger partial charge in [0.05, 0.1) is 16.5 Å². The van der Waals surface area contributed by atoms with E-state index in [9.17, 15) is 8.42 Å². The molecule has 0 aromatic heterocycles. The van der Waals surface area contributed by atoms with Crippen LogP contribution in [0.2, 0.25) is 5.02 Å². The van der Waals surface area contributed by atoms with Gasteiger partial charge in [0.2, 0.25) is 10.0 Å². The molecule has 2 aromatic carbocycles. The van der Waals surface area contributed by atoms with E-state index >= 15 is 0 Å². The number of rotatable bonds is 5. The lowest BCUT2D eigenvalue weighted by atomic mass is 10.1. The summed E-state index contributed by atoms with van der Waals surface area (Å²) in [7, 11) is -3.52. The van der Waals surface area contributed by atoms with Gasteiger partial charge in [-0.2, -0.15) is 0 Å². The molecule has 0 aliphatic carbocycles. The molecule has 0 aliphatic rings. The fourth-order valence-electron chi connectivity index (χ4n) is 1.77. The number of hydrogen-bond acceptors (Lipinski definition) is 3. The van der Waals surface area contributed by atoms with Gasteiger partial charge < -0.3 is 5.73 Å². The fraction of sp³-hybridized carbons (Fsp3) is 0.143. The van der Waals surface area contributed by atoms with Crippen molar-refractivity contribution in [2.75, 3.05) is 4.72 Å². The van der Waals surface area contributed by atoms with Crippen molar-refractivity contribution in [2.45, 2.75) is 12.3 Å². The molecule has 112 valence electrons. The molecular formula is C14H14BrClN2O2S. The minimum atomic E-state index is -3.52. The molecule has 0 aliphatic heterocycles. The Bertz CT molecular complexity index is 733. The van der Waals surface area contributed by atoms with Gasteiger partial charge in [-0.05, 0) is 29.3 Å². The van der Waals surface area contributed by atoms with Gasteiger partial charge in [-0.1, -0.05) is 51.8 Å². The molecule has 0 unspecified atom stereocenters. The highest BCUT2D eigenvalue weighted by Crippen LogP contribution is 2.27. The second-order valence-corrected chi connectivity index (χ2v) is 7.55. The summed E-state index contributed by atoms with van der Waals surface area (Å²) in [6, 6.07) is 12.1. The zero-order valence-corrected chi connectivity index (χ0v) is 14.2. The third-order valence-electron chi connectivity index (χ3n) is 2.81. The molecule has 0 bridgehead atoms. The lowest BCUT2D eigenvalue weighted by Gasteiger charge is -2.10. The maximum Gasteiger partial charge on any atom is 0.236 e. The molecule has 4 nitrogen and oxygen atoms in total. The van der Waals surface area contributed by atoms with Crippen molar-refractivity contribution >= 4 is 43.2 Å². The van der Waals surface area contributed by atoms with Crippen LogP contribution in [0.15, 0.2) is 46.9 Å². The first kappa shape index (κ1) is 16.3. The van der Waals surface area contributed by atoms with E-state index in [0.717, 1.165) is 10.0 Å². The first-order chi connectivity index (χ1) is 9.89. The number of sulfonamides is 1. The van der Waals surface area contributed by atoms with Crippen molar-refractivity contribution in [3.63, 3.8) is 0 Å². The van der Waals surface area contributed by atoms with Gasteiger partial charge in [-0.3, -0.25) is 4.72 Å².